The molecule has 2 N–H and O–H groups in total. The molecule has 0 aliphatic carbocycles. The number of carbonyl (C=O) groups excluding carboxylic acids is 2. The molecule has 2 heterocycles. The van der Waals surface area contributed by atoms with Gasteiger partial charge in [-0.05, 0) is 61.2 Å². The number of aromatic hydroxyl groups is 1. The summed E-state index contributed by atoms with van der Waals surface area (Å²) in [6.45, 7) is 4.45. The molecule has 35 heavy (non-hydrogen) atoms. The van der Waals surface area contributed by atoms with Crippen LogP contribution in [0, 0.1) is 0 Å². The summed E-state index contributed by atoms with van der Waals surface area (Å²) >= 11 is 7.65. The van der Waals surface area contributed by atoms with Crippen LogP contribution in [-0.4, -0.2) is 40.0 Å². The number of halogens is 1. The molecule has 3 aromatic rings. The van der Waals surface area contributed by atoms with Gasteiger partial charge in [-0.2, -0.15) is 0 Å². The Balaban J connectivity index is 1.89. The Bertz CT molecular complexity index is 1290. The quantitative estimate of drug-likeness (QED) is 0.234. The second-order valence-electron chi connectivity index (χ2n) is 7.74. The van der Waals surface area contributed by atoms with E-state index in [1.807, 2.05) is 17.5 Å². The molecule has 0 spiro atoms. The summed E-state index contributed by atoms with van der Waals surface area (Å²) in [6, 6.07) is 12.1. The number of phenols is 1. The molecule has 1 unspecified atom stereocenters. The summed E-state index contributed by atoms with van der Waals surface area (Å²) in [7, 11) is 0. The lowest BCUT2D eigenvalue weighted by Gasteiger charge is -2.25. The molecular weight excluding hydrogens is 490 g/mol. The van der Waals surface area contributed by atoms with Gasteiger partial charge >= 0.3 is 0 Å². The number of aliphatic hydroxyl groups is 1. The Kier molecular flexibility index (Phi) is 7.33. The minimum absolute atomic E-state index is 0.0649. The molecule has 1 aromatic heterocycles. The van der Waals surface area contributed by atoms with Gasteiger partial charge in [0.2, 0.25) is 0 Å². The molecule has 4 rings (SSSR count). The lowest BCUT2D eigenvalue weighted by molar-refractivity contribution is -0.140. The van der Waals surface area contributed by atoms with Gasteiger partial charge in [-0.25, -0.2) is 0 Å². The number of carbonyl (C=O) groups is 2. The first kappa shape index (κ1) is 24.6. The number of thiophene rings is 1. The first-order chi connectivity index (χ1) is 16.8. The van der Waals surface area contributed by atoms with Crippen molar-refractivity contribution in [3.63, 3.8) is 0 Å². The molecule has 1 amide bonds. The number of nitrogens with zero attached hydrogens (tertiary/aromatic N) is 1. The number of aliphatic hydroxyl groups excluding tert-OH is 1. The highest BCUT2D eigenvalue weighted by atomic mass is 35.5. The number of ketones is 1. The number of rotatable bonds is 8. The van der Waals surface area contributed by atoms with Crippen molar-refractivity contribution >= 4 is 40.4 Å². The third-order valence-electron chi connectivity index (χ3n) is 5.55. The van der Waals surface area contributed by atoms with Gasteiger partial charge < -0.3 is 24.6 Å². The fraction of sp³-hybridized carbons (Fsp3) is 0.231. The van der Waals surface area contributed by atoms with Gasteiger partial charge in [0.1, 0.15) is 11.5 Å². The van der Waals surface area contributed by atoms with E-state index in [4.69, 9.17) is 21.1 Å². The van der Waals surface area contributed by atoms with E-state index >= 15 is 0 Å². The maximum absolute atomic E-state index is 13.3. The zero-order valence-corrected chi connectivity index (χ0v) is 20.7. The third-order valence-corrected chi connectivity index (χ3v) is 6.72. The predicted molar refractivity (Wildman–Crippen MR) is 134 cm³/mol. The first-order valence-corrected chi connectivity index (χ1v) is 12.3. The van der Waals surface area contributed by atoms with E-state index in [-0.39, 0.29) is 29.4 Å². The lowest BCUT2D eigenvalue weighted by Crippen LogP contribution is -2.28. The molecule has 9 heteroatoms. The highest BCUT2D eigenvalue weighted by Crippen LogP contribution is 2.43. The van der Waals surface area contributed by atoms with Crippen LogP contribution < -0.4 is 9.47 Å². The van der Waals surface area contributed by atoms with Gasteiger partial charge in [-0.1, -0.05) is 23.7 Å². The minimum Gasteiger partial charge on any atom is -0.507 e. The molecule has 0 radical (unpaired) electrons. The lowest BCUT2D eigenvalue weighted by atomic mass is 9.95. The fourth-order valence-electron chi connectivity index (χ4n) is 4.00. The molecular formula is C26H24ClNO6S. The standard InChI is InChI=1S/C26H24ClNO6S/c1-3-33-20-13-16(7-9-18(20)27)24(30)22-23(15-8-10-19(29)21(12-15)34-4-2)28(26(32)25(22)31)14-17-6-5-11-35-17/h5-13,23,29-30H,3-4,14H2,1-2H3/b24-22-. The second-order valence-corrected chi connectivity index (χ2v) is 9.18. The number of benzene rings is 2. The van der Waals surface area contributed by atoms with E-state index in [2.05, 4.69) is 0 Å². The number of ether oxygens (including phenoxy) is 2. The molecule has 1 atom stereocenters. The minimum atomic E-state index is -0.900. The maximum atomic E-state index is 13.3. The molecule has 7 nitrogen and oxygen atoms in total. The highest BCUT2D eigenvalue weighted by molar-refractivity contribution is 7.09. The van der Waals surface area contributed by atoms with Gasteiger partial charge in [0.05, 0.1) is 36.4 Å². The molecule has 1 fully saturated rings. The van der Waals surface area contributed by atoms with Gasteiger partial charge in [0.15, 0.2) is 11.5 Å². The Hall–Kier alpha value is -3.49. The van der Waals surface area contributed by atoms with Gasteiger partial charge in [0.25, 0.3) is 11.7 Å². The molecule has 0 saturated carbocycles. The third kappa shape index (κ3) is 4.85. The Morgan fingerprint density at radius 1 is 1.06 bits per heavy atom. The van der Waals surface area contributed by atoms with Gasteiger partial charge in [-0.15, -0.1) is 11.3 Å². The van der Waals surface area contributed by atoms with Crippen molar-refractivity contribution < 1.29 is 29.3 Å². The number of Topliss-reactive ketones (excluding diaryl/α,β-unsaturated/α-hetero) is 1. The summed E-state index contributed by atoms with van der Waals surface area (Å²) in [4.78, 5) is 28.7. The number of phenolic OH excluding ortho intramolecular Hbond substituents is 1. The van der Waals surface area contributed by atoms with Crippen molar-refractivity contribution in [2.24, 2.45) is 0 Å². The van der Waals surface area contributed by atoms with Crippen LogP contribution in [0.25, 0.3) is 5.76 Å². The molecule has 1 aliphatic heterocycles. The summed E-state index contributed by atoms with van der Waals surface area (Å²) in [5.74, 6) is -1.36. The van der Waals surface area contributed by atoms with Crippen molar-refractivity contribution in [2.75, 3.05) is 13.2 Å². The van der Waals surface area contributed by atoms with Crippen molar-refractivity contribution in [3.8, 4) is 17.2 Å². The van der Waals surface area contributed by atoms with Crippen LogP contribution in [0.15, 0.2) is 59.5 Å². The maximum Gasteiger partial charge on any atom is 0.295 e. The first-order valence-electron chi connectivity index (χ1n) is 11.0. The van der Waals surface area contributed by atoms with Crippen molar-refractivity contribution in [1.29, 1.82) is 0 Å². The van der Waals surface area contributed by atoms with Crippen molar-refractivity contribution in [2.45, 2.75) is 26.4 Å². The van der Waals surface area contributed by atoms with Crippen molar-refractivity contribution in [1.82, 2.24) is 4.90 Å². The number of amides is 1. The van der Waals surface area contributed by atoms with Crippen molar-refractivity contribution in [3.05, 3.63) is 80.5 Å². The monoisotopic (exact) mass is 513 g/mol. The molecule has 182 valence electrons. The Morgan fingerprint density at radius 3 is 2.49 bits per heavy atom. The Morgan fingerprint density at radius 2 is 1.80 bits per heavy atom. The van der Waals surface area contributed by atoms with E-state index in [1.54, 1.807) is 38.1 Å². The normalized spacial score (nSPS) is 17.1. The highest BCUT2D eigenvalue weighted by Gasteiger charge is 2.46. The van der Waals surface area contributed by atoms with Crippen LogP contribution >= 0.6 is 22.9 Å². The second kappa shape index (κ2) is 10.4. The van der Waals surface area contributed by atoms with Gasteiger partial charge in [-0.3, -0.25) is 9.59 Å². The molecule has 2 aromatic carbocycles. The van der Waals surface area contributed by atoms with E-state index in [0.29, 0.717) is 35.1 Å². The largest absolute Gasteiger partial charge is 0.507 e. The van der Waals surface area contributed by atoms with Crippen LogP contribution in [0.5, 0.6) is 17.2 Å². The van der Waals surface area contributed by atoms with Crippen LogP contribution in [0.4, 0.5) is 0 Å². The number of likely N-dealkylation sites (tertiary alicyclic amines) is 1. The predicted octanol–water partition coefficient (Wildman–Crippen LogP) is 5.53. The number of hydrogen-bond donors (Lipinski definition) is 2. The number of hydrogen-bond acceptors (Lipinski definition) is 7. The van der Waals surface area contributed by atoms with E-state index in [1.165, 1.54) is 28.4 Å². The van der Waals surface area contributed by atoms with E-state index in [0.717, 1.165) is 4.88 Å². The molecule has 1 saturated heterocycles. The Labute approximate surface area is 211 Å². The van der Waals surface area contributed by atoms with Gasteiger partial charge in [0, 0.05) is 10.4 Å². The fourth-order valence-corrected chi connectivity index (χ4v) is 4.88. The summed E-state index contributed by atoms with van der Waals surface area (Å²) in [6.07, 6.45) is 0. The smallest absolute Gasteiger partial charge is 0.295 e. The average Bonchev–Trinajstić information content (AvgIpc) is 3.44. The molecule has 1 aliphatic rings. The van der Waals surface area contributed by atoms with Crippen LogP contribution in [0.2, 0.25) is 5.02 Å². The van der Waals surface area contributed by atoms with E-state index < -0.39 is 17.7 Å². The molecule has 0 bridgehead atoms. The zero-order valence-electron chi connectivity index (χ0n) is 19.2. The average molecular weight is 514 g/mol. The summed E-state index contributed by atoms with van der Waals surface area (Å²) in [5, 5.41) is 23.7. The zero-order chi connectivity index (χ0) is 25.1. The van der Waals surface area contributed by atoms with E-state index in [9.17, 15) is 19.8 Å². The SMILES string of the molecule is CCOc1cc(C2/C(=C(/O)c3ccc(Cl)c(OCC)c3)C(=O)C(=O)N2Cc2cccs2)ccc1O. The van der Waals surface area contributed by atoms with Crippen LogP contribution in [0.3, 0.4) is 0 Å². The summed E-state index contributed by atoms with van der Waals surface area (Å²) in [5.41, 5.74) is 0.743. The van der Waals surface area contributed by atoms with Crippen LogP contribution in [-0.2, 0) is 16.1 Å². The topological polar surface area (TPSA) is 96.3 Å². The summed E-state index contributed by atoms with van der Waals surface area (Å²) < 4.78 is 11.0. The van der Waals surface area contributed by atoms with Crippen LogP contribution in [0.1, 0.15) is 35.9 Å².